The Hall–Kier alpha value is -1.12. The zero-order chi connectivity index (χ0) is 12.1. The molecule has 2 aromatic carbocycles. The van der Waals surface area contributed by atoms with Gasteiger partial charge in [-0.25, -0.2) is 0 Å². The lowest BCUT2D eigenvalue weighted by molar-refractivity contribution is 0.281. The zero-order valence-electron chi connectivity index (χ0n) is 9.51. The van der Waals surface area contributed by atoms with E-state index in [0.717, 1.165) is 10.9 Å². The summed E-state index contributed by atoms with van der Waals surface area (Å²) < 4.78 is 1.08. The number of rotatable bonds is 4. The molecule has 0 saturated carbocycles. The molecule has 1 N–H and O–H groups in total. The van der Waals surface area contributed by atoms with Gasteiger partial charge in [0, 0.05) is 17.0 Å². The van der Waals surface area contributed by atoms with Crippen LogP contribution in [0.15, 0.2) is 59.1 Å². The number of aliphatic hydroxyl groups is 1. The first-order valence-corrected chi connectivity index (χ1v) is 6.52. The molecule has 0 amide bonds. The lowest BCUT2D eigenvalue weighted by Gasteiger charge is -2.16. The monoisotopic (exact) mass is 290 g/mol. The van der Waals surface area contributed by atoms with Crippen molar-refractivity contribution in [3.8, 4) is 0 Å². The Balaban J connectivity index is 2.32. The Morgan fingerprint density at radius 2 is 1.47 bits per heavy atom. The second-order valence-corrected chi connectivity index (χ2v) is 4.94. The molecule has 2 aromatic rings. The summed E-state index contributed by atoms with van der Waals surface area (Å²) in [5.41, 5.74) is 2.50. The maximum Gasteiger partial charge on any atom is 0.0440 e. The molecule has 0 aliphatic carbocycles. The Morgan fingerprint density at radius 1 is 0.882 bits per heavy atom. The van der Waals surface area contributed by atoms with E-state index in [9.17, 15) is 5.11 Å². The molecule has 0 fully saturated rings. The molecule has 0 heterocycles. The van der Waals surface area contributed by atoms with Crippen LogP contribution in [0.3, 0.4) is 0 Å². The topological polar surface area (TPSA) is 20.2 Å². The van der Waals surface area contributed by atoms with E-state index in [2.05, 4.69) is 40.2 Å². The van der Waals surface area contributed by atoms with Gasteiger partial charge in [0.2, 0.25) is 0 Å². The lowest BCUT2D eigenvalue weighted by atomic mass is 9.89. The molecular weight excluding hydrogens is 276 g/mol. The third kappa shape index (κ3) is 3.18. The first-order chi connectivity index (χ1) is 8.31. The van der Waals surface area contributed by atoms with Crippen LogP contribution < -0.4 is 0 Å². The van der Waals surface area contributed by atoms with Crippen LogP contribution in [0.25, 0.3) is 0 Å². The number of hydrogen-bond acceptors (Lipinski definition) is 1. The van der Waals surface area contributed by atoms with Crippen LogP contribution in [0, 0.1) is 0 Å². The smallest absolute Gasteiger partial charge is 0.0440 e. The van der Waals surface area contributed by atoms with E-state index in [-0.39, 0.29) is 12.5 Å². The Labute approximate surface area is 110 Å². The van der Waals surface area contributed by atoms with Crippen molar-refractivity contribution in [3.63, 3.8) is 0 Å². The summed E-state index contributed by atoms with van der Waals surface area (Å²) in [7, 11) is 0. The third-order valence-corrected chi connectivity index (χ3v) is 3.42. The van der Waals surface area contributed by atoms with E-state index >= 15 is 0 Å². The Morgan fingerprint density at radius 3 is 2.06 bits per heavy atom. The third-order valence-electron chi connectivity index (χ3n) is 2.89. The highest BCUT2D eigenvalue weighted by molar-refractivity contribution is 9.10. The summed E-state index contributed by atoms with van der Waals surface area (Å²) >= 11 is 3.44. The van der Waals surface area contributed by atoms with Crippen LogP contribution in [-0.4, -0.2) is 11.7 Å². The van der Waals surface area contributed by atoms with Crippen molar-refractivity contribution in [1.82, 2.24) is 0 Å². The predicted octanol–water partition coefficient (Wildman–Crippen LogP) is 3.96. The number of halogens is 1. The molecule has 0 radical (unpaired) electrons. The van der Waals surface area contributed by atoms with Crippen LogP contribution >= 0.6 is 15.9 Å². The van der Waals surface area contributed by atoms with Gasteiger partial charge in [0.05, 0.1) is 0 Å². The molecule has 0 aliphatic rings. The quantitative estimate of drug-likeness (QED) is 0.904. The largest absolute Gasteiger partial charge is 0.396 e. The Bertz CT molecular complexity index is 450. The van der Waals surface area contributed by atoms with E-state index in [4.69, 9.17) is 0 Å². The van der Waals surface area contributed by atoms with E-state index in [1.807, 2.05) is 30.3 Å². The van der Waals surface area contributed by atoms with Gasteiger partial charge >= 0.3 is 0 Å². The molecule has 1 unspecified atom stereocenters. The molecule has 1 atom stereocenters. The van der Waals surface area contributed by atoms with Crippen LogP contribution in [0.4, 0.5) is 0 Å². The van der Waals surface area contributed by atoms with Gasteiger partial charge in [-0.2, -0.15) is 0 Å². The van der Waals surface area contributed by atoms with Crippen LogP contribution in [0.5, 0.6) is 0 Å². The van der Waals surface area contributed by atoms with Crippen LogP contribution in [0.1, 0.15) is 23.5 Å². The average molecular weight is 291 g/mol. The Kier molecular flexibility index (Phi) is 4.35. The minimum Gasteiger partial charge on any atom is -0.396 e. The number of benzene rings is 2. The van der Waals surface area contributed by atoms with Crippen LogP contribution in [0.2, 0.25) is 0 Å². The molecule has 0 aliphatic heterocycles. The average Bonchev–Trinajstić information content (AvgIpc) is 2.38. The molecule has 0 spiro atoms. The molecule has 2 rings (SSSR count). The second-order valence-electron chi connectivity index (χ2n) is 4.03. The fraction of sp³-hybridized carbons (Fsp3) is 0.200. The minimum atomic E-state index is 0.204. The van der Waals surface area contributed by atoms with Gasteiger partial charge in [-0.3, -0.25) is 0 Å². The standard InChI is InChI=1S/C15H15BrO/c16-14-8-6-13(7-9-14)15(10-11-17)12-4-2-1-3-5-12/h1-9,15,17H,10-11H2. The summed E-state index contributed by atoms with van der Waals surface area (Å²) in [6.07, 6.45) is 0.756. The SMILES string of the molecule is OCCC(c1ccccc1)c1ccc(Br)cc1. The minimum absolute atomic E-state index is 0.204. The molecule has 0 bridgehead atoms. The van der Waals surface area contributed by atoms with Crippen molar-refractivity contribution in [2.45, 2.75) is 12.3 Å². The normalized spacial score (nSPS) is 12.4. The van der Waals surface area contributed by atoms with E-state index in [1.54, 1.807) is 0 Å². The first kappa shape index (κ1) is 12.3. The van der Waals surface area contributed by atoms with Gasteiger partial charge in [-0.15, -0.1) is 0 Å². The molecule has 0 aromatic heterocycles. The van der Waals surface area contributed by atoms with Gasteiger partial charge in [0.15, 0.2) is 0 Å². The maximum absolute atomic E-state index is 9.20. The molecule has 17 heavy (non-hydrogen) atoms. The number of hydrogen-bond donors (Lipinski definition) is 1. The molecule has 2 heteroatoms. The summed E-state index contributed by atoms with van der Waals surface area (Å²) in [5, 5.41) is 9.20. The van der Waals surface area contributed by atoms with Crippen molar-refractivity contribution in [2.24, 2.45) is 0 Å². The number of aliphatic hydroxyl groups excluding tert-OH is 1. The summed E-state index contributed by atoms with van der Waals surface area (Å²) in [4.78, 5) is 0. The highest BCUT2D eigenvalue weighted by atomic mass is 79.9. The maximum atomic E-state index is 9.20. The zero-order valence-corrected chi connectivity index (χ0v) is 11.1. The van der Waals surface area contributed by atoms with Crippen molar-refractivity contribution in [1.29, 1.82) is 0 Å². The second kappa shape index (κ2) is 5.99. The van der Waals surface area contributed by atoms with Gasteiger partial charge in [-0.1, -0.05) is 58.4 Å². The van der Waals surface area contributed by atoms with Crippen molar-refractivity contribution in [2.75, 3.05) is 6.61 Å². The van der Waals surface area contributed by atoms with Gasteiger partial charge in [-0.05, 0) is 29.7 Å². The van der Waals surface area contributed by atoms with Gasteiger partial charge < -0.3 is 5.11 Å². The lowest BCUT2D eigenvalue weighted by Crippen LogP contribution is -2.03. The summed E-state index contributed by atoms with van der Waals surface area (Å²) in [5.74, 6) is 0.272. The van der Waals surface area contributed by atoms with Crippen molar-refractivity contribution in [3.05, 3.63) is 70.2 Å². The fourth-order valence-corrected chi connectivity index (χ4v) is 2.30. The van der Waals surface area contributed by atoms with Crippen LogP contribution in [-0.2, 0) is 0 Å². The van der Waals surface area contributed by atoms with E-state index in [1.165, 1.54) is 11.1 Å². The van der Waals surface area contributed by atoms with E-state index in [0.29, 0.717) is 0 Å². The molecule has 1 nitrogen and oxygen atoms in total. The van der Waals surface area contributed by atoms with Gasteiger partial charge in [0.25, 0.3) is 0 Å². The van der Waals surface area contributed by atoms with Gasteiger partial charge in [0.1, 0.15) is 0 Å². The highest BCUT2D eigenvalue weighted by Gasteiger charge is 2.12. The summed E-state index contributed by atoms with van der Waals surface area (Å²) in [6, 6.07) is 18.6. The predicted molar refractivity (Wildman–Crippen MR) is 74.1 cm³/mol. The molecule has 0 saturated heterocycles. The van der Waals surface area contributed by atoms with Crippen molar-refractivity contribution >= 4 is 15.9 Å². The molecular formula is C15H15BrO. The fourth-order valence-electron chi connectivity index (χ4n) is 2.04. The summed E-state index contributed by atoms with van der Waals surface area (Å²) in [6.45, 7) is 0.204. The first-order valence-electron chi connectivity index (χ1n) is 5.72. The van der Waals surface area contributed by atoms with E-state index < -0.39 is 0 Å². The molecule has 88 valence electrons. The van der Waals surface area contributed by atoms with Crippen molar-refractivity contribution < 1.29 is 5.11 Å². The highest BCUT2D eigenvalue weighted by Crippen LogP contribution is 2.28.